The SMILES string of the molecule is C#[N+]/N=C\C(C)NN. The fourth-order valence-electron chi connectivity index (χ4n) is 0.182. The van der Waals surface area contributed by atoms with E-state index in [2.05, 4.69) is 22.1 Å². The van der Waals surface area contributed by atoms with Gasteiger partial charge in [-0.25, -0.2) is 0 Å². The average Bonchev–Trinajstić information content (AvgIpc) is 1.83. The highest BCUT2D eigenvalue weighted by molar-refractivity contribution is 5.63. The molecule has 0 bridgehead atoms. The second kappa shape index (κ2) is 4.24. The van der Waals surface area contributed by atoms with Gasteiger partial charge in [-0.15, -0.1) is 0 Å². The molecule has 0 aromatic carbocycles. The molecule has 0 aliphatic carbocycles. The molecule has 0 aromatic heterocycles. The lowest BCUT2D eigenvalue weighted by atomic mass is 10.4. The van der Waals surface area contributed by atoms with Crippen molar-refractivity contribution in [2.45, 2.75) is 13.0 Å². The molecule has 0 aliphatic heterocycles. The lowest BCUT2D eigenvalue weighted by Crippen LogP contribution is -2.33. The summed E-state index contributed by atoms with van der Waals surface area (Å²) in [5, 5.41) is 3.38. The van der Waals surface area contributed by atoms with Crippen molar-refractivity contribution in [1.82, 2.24) is 5.43 Å². The molecule has 0 spiro atoms. The summed E-state index contributed by atoms with van der Waals surface area (Å²) >= 11 is 0. The van der Waals surface area contributed by atoms with Gasteiger partial charge in [0.15, 0.2) is 0 Å². The van der Waals surface area contributed by atoms with Gasteiger partial charge in [-0.1, -0.05) is 0 Å². The van der Waals surface area contributed by atoms with Crippen molar-refractivity contribution < 1.29 is 0 Å². The van der Waals surface area contributed by atoms with Gasteiger partial charge >= 0.3 is 6.57 Å². The van der Waals surface area contributed by atoms with Crippen LogP contribution in [0.4, 0.5) is 0 Å². The van der Waals surface area contributed by atoms with Gasteiger partial charge in [0, 0.05) is 0 Å². The Morgan fingerprint density at radius 3 is 3.00 bits per heavy atom. The van der Waals surface area contributed by atoms with Gasteiger partial charge in [-0.2, -0.15) is 0 Å². The van der Waals surface area contributed by atoms with Gasteiger partial charge in [-0.05, 0) is 6.92 Å². The zero-order chi connectivity index (χ0) is 6.41. The second-order valence-corrected chi connectivity index (χ2v) is 1.34. The van der Waals surface area contributed by atoms with E-state index in [1.165, 1.54) is 6.21 Å². The van der Waals surface area contributed by atoms with Crippen molar-refractivity contribution >= 4 is 6.21 Å². The zero-order valence-electron chi connectivity index (χ0n) is 4.70. The van der Waals surface area contributed by atoms with E-state index in [9.17, 15) is 0 Å². The first-order valence-corrected chi connectivity index (χ1v) is 2.20. The van der Waals surface area contributed by atoms with E-state index < -0.39 is 0 Å². The van der Waals surface area contributed by atoms with E-state index in [4.69, 9.17) is 5.84 Å². The summed E-state index contributed by atoms with van der Waals surface area (Å²) in [7, 11) is 0. The number of nitrogens with two attached hydrogens (primary N) is 1. The zero-order valence-corrected chi connectivity index (χ0v) is 4.70. The normalized spacial score (nSPS) is 13.6. The van der Waals surface area contributed by atoms with Gasteiger partial charge in [0.2, 0.25) is 0 Å². The molecule has 1 unspecified atom stereocenters. The molecule has 0 radical (unpaired) electrons. The number of nitrogens with zero attached hydrogens (tertiary/aromatic N) is 2. The lowest BCUT2D eigenvalue weighted by Gasteiger charge is -1.95. The molecule has 0 aliphatic rings. The van der Waals surface area contributed by atoms with Gasteiger partial charge in [0.25, 0.3) is 0 Å². The fourth-order valence-corrected chi connectivity index (χ4v) is 0.182. The summed E-state index contributed by atoms with van der Waals surface area (Å²) < 4.78 is 0. The first kappa shape index (κ1) is 7.08. The summed E-state index contributed by atoms with van der Waals surface area (Å²) in [4.78, 5) is 3.00. The quantitative estimate of drug-likeness (QED) is 0.295. The maximum absolute atomic E-state index is 4.99. The van der Waals surface area contributed by atoms with E-state index in [-0.39, 0.29) is 6.04 Å². The molecule has 8 heavy (non-hydrogen) atoms. The molecule has 1 atom stereocenters. The smallest absolute Gasteiger partial charge is 0.271 e. The van der Waals surface area contributed by atoms with E-state index in [0.717, 1.165) is 0 Å². The van der Waals surface area contributed by atoms with Gasteiger partial charge in [-0.3, -0.25) is 11.3 Å². The highest BCUT2D eigenvalue weighted by Crippen LogP contribution is 1.71. The van der Waals surface area contributed by atoms with Crippen LogP contribution >= 0.6 is 0 Å². The first-order valence-electron chi connectivity index (χ1n) is 2.20. The Hall–Kier alpha value is -0.920. The fraction of sp³-hybridized carbons (Fsp3) is 0.500. The molecule has 0 saturated heterocycles. The Labute approximate surface area is 48.2 Å². The molecular formula is C4H9N4+. The number of hydrogen-bond donors (Lipinski definition) is 2. The van der Waals surface area contributed by atoms with Crippen LogP contribution in [0.2, 0.25) is 0 Å². The molecule has 0 saturated carbocycles. The van der Waals surface area contributed by atoms with Crippen molar-refractivity contribution in [3.05, 3.63) is 4.95 Å². The molecule has 0 fully saturated rings. The van der Waals surface area contributed by atoms with Gasteiger partial charge in [0.05, 0.1) is 6.04 Å². The van der Waals surface area contributed by atoms with E-state index in [1.807, 2.05) is 6.92 Å². The summed E-state index contributed by atoms with van der Waals surface area (Å²) in [6.07, 6.45) is 1.50. The Bertz CT molecular complexity index is 112. The van der Waals surface area contributed by atoms with Crippen molar-refractivity contribution in [3.63, 3.8) is 0 Å². The maximum Gasteiger partial charge on any atom is 0.307 e. The third kappa shape index (κ3) is 3.28. The Morgan fingerprint density at radius 1 is 2.00 bits per heavy atom. The van der Waals surface area contributed by atoms with Gasteiger partial charge < -0.3 is 0 Å². The minimum atomic E-state index is 0.0160. The van der Waals surface area contributed by atoms with Crippen LogP contribution in [-0.4, -0.2) is 12.3 Å². The van der Waals surface area contributed by atoms with Crippen molar-refractivity contribution in [1.29, 1.82) is 0 Å². The third-order valence-electron chi connectivity index (χ3n) is 0.620. The predicted octanol–water partition coefficient (Wildman–Crippen LogP) is -0.213. The highest BCUT2D eigenvalue weighted by Gasteiger charge is 1.91. The molecule has 0 heterocycles. The summed E-state index contributed by atoms with van der Waals surface area (Å²) in [5.41, 5.74) is 2.43. The number of nitrogens with one attached hydrogen (secondary N) is 1. The molecular weight excluding hydrogens is 104 g/mol. The number of rotatable bonds is 2. The monoisotopic (exact) mass is 113 g/mol. The van der Waals surface area contributed by atoms with E-state index in [0.29, 0.717) is 0 Å². The van der Waals surface area contributed by atoms with Crippen LogP contribution in [0.3, 0.4) is 0 Å². The van der Waals surface area contributed by atoms with Crippen molar-refractivity contribution in [2.75, 3.05) is 0 Å². The maximum atomic E-state index is 4.99. The largest absolute Gasteiger partial charge is 0.307 e. The summed E-state index contributed by atoms with van der Waals surface area (Å²) in [5.74, 6) is 4.99. The van der Waals surface area contributed by atoms with Crippen LogP contribution in [0.5, 0.6) is 0 Å². The molecule has 3 N–H and O–H groups in total. The Balaban J connectivity index is 3.40. The molecule has 4 nitrogen and oxygen atoms in total. The summed E-state index contributed by atoms with van der Waals surface area (Å²) in [6, 6.07) is 0.0160. The van der Waals surface area contributed by atoms with E-state index in [1.54, 1.807) is 0 Å². The van der Waals surface area contributed by atoms with Crippen molar-refractivity contribution in [2.24, 2.45) is 10.9 Å². The number of hydrazine groups is 1. The standard InChI is InChI=1S/C4H9N4/c1-4(8-5)3-7-6-2/h2-4,8H,5H2,1H3/q+1/b7-3-. The van der Waals surface area contributed by atoms with Crippen LogP contribution < -0.4 is 11.3 Å². The van der Waals surface area contributed by atoms with Crippen LogP contribution in [0, 0.1) is 6.57 Å². The van der Waals surface area contributed by atoms with Gasteiger partial charge in [0.1, 0.15) is 16.3 Å². The highest BCUT2D eigenvalue weighted by atomic mass is 15.2. The molecule has 0 rings (SSSR count). The molecule has 44 valence electrons. The molecule has 0 aromatic rings. The predicted molar refractivity (Wildman–Crippen MR) is 33.6 cm³/mol. The van der Waals surface area contributed by atoms with Crippen LogP contribution in [0.25, 0.3) is 4.95 Å². The van der Waals surface area contributed by atoms with Crippen LogP contribution in [-0.2, 0) is 0 Å². The number of hydrogen-bond acceptors (Lipinski definition) is 3. The average molecular weight is 113 g/mol. The third-order valence-corrected chi connectivity index (χ3v) is 0.620. The topological polar surface area (TPSA) is 54.8 Å². The Morgan fingerprint density at radius 2 is 2.62 bits per heavy atom. The van der Waals surface area contributed by atoms with E-state index >= 15 is 0 Å². The Kier molecular flexibility index (Phi) is 3.76. The first-order chi connectivity index (χ1) is 3.81. The minimum absolute atomic E-state index is 0.0160. The minimum Gasteiger partial charge on any atom is -0.271 e. The second-order valence-electron chi connectivity index (χ2n) is 1.34. The van der Waals surface area contributed by atoms with Crippen molar-refractivity contribution in [3.8, 4) is 6.57 Å². The van der Waals surface area contributed by atoms with Crippen LogP contribution in [0.1, 0.15) is 6.92 Å². The van der Waals surface area contributed by atoms with Crippen LogP contribution in [0.15, 0.2) is 5.10 Å². The molecule has 0 amide bonds. The lowest BCUT2D eigenvalue weighted by molar-refractivity contribution is 0.707. The molecule has 4 heteroatoms. The summed E-state index contributed by atoms with van der Waals surface area (Å²) in [6.45, 7) is 6.52.